The molecule has 0 heterocycles. The van der Waals surface area contributed by atoms with Crippen LogP contribution in [-0.4, -0.2) is 16.8 Å². The predicted molar refractivity (Wildman–Crippen MR) is 54.8 cm³/mol. The van der Waals surface area contributed by atoms with E-state index in [4.69, 9.17) is 22.4 Å². The van der Waals surface area contributed by atoms with E-state index in [1.807, 2.05) is 0 Å². The molecule has 1 unspecified atom stereocenters. The Balaban J connectivity index is 3.15. The summed E-state index contributed by atoms with van der Waals surface area (Å²) < 4.78 is 0.598. The van der Waals surface area contributed by atoms with Crippen molar-refractivity contribution in [1.29, 1.82) is 0 Å². The van der Waals surface area contributed by atoms with Crippen LogP contribution < -0.4 is 5.73 Å². The molecule has 13 heavy (non-hydrogen) atoms. The molecule has 72 valence electrons. The van der Waals surface area contributed by atoms with Gasteiger partial charge in [-0.15, -0.1) is 0 Å². The van der Waals surface area contributed by atoms with Crippen molar-refractivity contribution in [2.45, 2.75) is 6.04 Å². The summed E-state index contributed by atoms with van der Waals surface area (Å²) in [6.07, 6.45) is 0. The Hall–Kier alpha value is -0.290. The minimum absolute atomic E-state index is 0.0258. The summed E-state index contributed by atoms with van der Waals surface area (Å²) >= 11 is 8.95. The van der Waals surface area contributed by atoms with Crippen molar-refractivity contribution in [1.82, 2.24) is 0 Å². The second-order valence-electron chi connectivity index (χ2n) is 2.61. The fraction of sp³-hybridized carbons (Fsp3) is 0.250. The molecule has 1 aromatic rings. The third kappa shape index (κ3) is 2.34. The highest BCUT2D eigenvalue weighted by Crippen LogP contribution is 2.32. The van der Waals surface area contributed by atoms with Crippen LogP contribution in [0.1, 0.15) is 11.6 Å². The summed E-state index contributed by atoms with van der Waals surface area (Å²) in [6, 6.07) is 2.38. The molecular weight excluding hydrogens is 257 g/mol. The van der Waals surface area contributed by atoms with Gasteiger partial charge in [-0.1, -0.05) is 11.6 Å². The molecule has 0 aliphatic carbocycles. The highest BCUT2D eigenvalue weighted by molar-refractivity contribution is 9.10. The van der Waals surface area contributed by atoms with E-state index in [-0.39, 0.29) is 12.4 Å². The molecule has 0 spiro atoms. The largest absolute Gasteiger partial charge is 0.508 e. The molecule has 0 bridgehead atoms. The van der Waals surface area contributed by atoms with E-state index < -0.39 is 6.04 Å². The van der Waals surface area contributed by atoms with Gasteiger partial charge in [0.1, 0.15) is 5.75 Å². The lowest BCUT2D eigenvalue weighted by atomic mass is 10.1. The molecule has 0 aliphatic rings. The van der Waals surface area contributed by atoms with Gasteiger partial charge in [0.15, 0.2) is 0 Å². The van der Waals surface area contributed by atoms with Crippen molar-refractivity contribution in [3.8, 4) is 5.75 Å². The second kappa shape index (κ2) is 4.28. The molecule has 4 N–H and O–H groups in total. The first-order valence-electron chi connectivity index (χ1n) is 3.60. The first-order valence-corrected chi connectivity index (χ1v) is 4.77. The number of halogens is 2. The minimum Gasteiger partial charge on any atom is -0.508 e. The van der Waals surface area contributed by atoms with Crippen molar-refractivity contribution < 1.29 is 10.2 Å². The first-order chi connectivity index (χ1) is 6.06. The predicted octanol–water partition coefficient (Wildman–Crippen LogP) is 1.80. The average Bonchev–Trinajstić information content (AvgIpc) is 2.10. The second-order valence-corrected chi connectivity index (χ2v) is 3.88. The van der Waals surface area contributed by atoms with Crippen molar-refractivity contribution >= 4 is 27.5 Å². The Kier molecular flexibility index (Phi) is 3.55. The van der Waals surface area contributed by atoms with Gasteiger partial charge in [0.05, 0.1) is 17.7 Å². The quantitative estimate of drug-likeness (QED) is 0.765. The van der Waals surface area contributed by atoms with Crippen LogP contribution >= 0.6 is 27.5 Å². The summed E-state index contributed by atoms with van der Waals surface area (Å²) in [5.41, 5.74) is 5.97. The topological polar surface area (TPSA) is 66.5 Å². The van der Waals surface area contributed by atoms with Crippen LogP contribution in [0.5, 0.6) is 5.75 Å². The SMILES string of the molecule is NC(CO)c1cc(Cl)c(Br)cc1O. The van der Waals surface area contributed by atoms with Crippen LogP contribution in [-0.2, 0) is 0 Å². The average molecular weight is 267 g/mol. The van der Waals surface area contributed by atoms with Crippen molar-refractivity contribution in [3.63, 3.8) is 0 Å². The normalized spacial score (nSPS) is 12.9. The van der Waals surface area contributed by atoms with Gasteiger partial charge in [-0.05, 0) is 28.1 Å². The summed E-state index contributed by atoms with van der Waals surface area (Å²) in [7, 11) is 0. The Morgan fingerprint density at radius 3 is 2.69 bits per heavy atom. The Morgan fingerprint density at radius 1 is 1.54 bits per heavy atom. The van der Waals surface area contributed by atoms with Gasteiger partial charge in [-0.2, -0.15) is 0 Å². The molecule has 1 atom stereocenters. The number of nitrogens with two attached hydrogens (primary N) is 1. The zero-order valence-electron chi connectivity index (χ0n) is 6.67. The van der Waals surface area contributed by atoms with Gasteiger partial charge >= 0.3 is 0 Å². The van der Waals surface area contributed by atoms with E-state index in [0.29, 0.717) is 15.1 Å². The molecule has 0 amide bonds. The first kappa shape index (κ1) is 10.8. The maximum Gasteiger partial charge on any atom is 0.121 e. The van der Waals surface area contributed by atoms with Crippen LogP contribution in [0.3, 0.4) is 0 Å². The maximum absolute atomic E-state index is 9.44. The number of phenols is 1. The van der Waals surface area contributed by atoms with E-state index in [1.165, 1.54) is 12.1 Å². The summed E-state index contributed by atoms with van der Waals surface area (Å²) in [6.45, 7) is -0.231. The van der Waals surface area contributed by atoms with E-state index in [0.717, 1.165) is 0 Å². The fourth-order valence-electron chi connectivity index (χ4n) is 0.947. The summed E-state index contributed by atoms with van der Waals surface area (Å²) in [4.78, 5) is 0. The van der Waals surface area contributed by atoms with E-state index >= 15 is 0 Å². The zero-order chi connectivity index (χ0) is 10.0. The number of aliphatic hydroxyl groups is 1. The summed E-state index contributed by atoms with van der Waals surface area (Å²) in [5, 5.41) is 18.7. The lowest BCUT2D eigenvalue weighted by molar-refractivity contribution is 0.265. The lowest BCUT2D eigenvalue weighted by Crippen LogP contribution is -2.14. The molecular formula is C8H9BrClNO2. The molecule has 3 nitrogen and oxygen atoms in total. The standard InChI is InChI=1S/C8H9BrClNO2/c9-5-2-8(13)4(1-6(5)10)7(11)3-12/h1-2,7,12-13H,3,11H2. The molecule has 0 radical (unpaired) electrons. The number of rotatable bonds is 2. The maximum atomic E-state index is 9.44. The van der Waals surface area contributed by atoms with Crippen LogP contribution in [0, 0.1) is 0 Å². The highest BCUT2D eigenvalue weighted by atomic mass is 79.9. The molecule has 5 heteroatoms. The number of hydrogen-bond acceptors (Lipinski definition) is 3. The number of aromatic hydroxyl groups is 1. The Labute approximate surface area is 89.3 Å². The van der Waals surface area contributed by atoms with Gasteiger partial charge in [0.25, 0.3) is 0 Å². The van der Waals surface area contributed by atoms with Gasteiger partial charge in [0, 0.05) is 10.0 Å². The van der Waals surface area contributed by atoms with Crippen LogP contribution in [0.2, 0.25) is 5.02 Å². The van der Waals surface area contributed by atoms with Crippen molar-refractivity contribution in [2.24, 2.45) is 5.73 Å². The zero-order valence-corrected chi connectivity index (χ0v) is 9.01. The van der Waals surface area contributed by atoms with Gasteiger partial charge in [-0.3, -0.25) is 0 Å². The minimum atomic E-state index is -0.606. The number of benzene rings is 1. The molecule has 0 saturated carbocycles. The van der Waals surface area contributed by atoms with Crippen molar-refractivity contribution in [3.05, 3.63) is 27.2 Å². The van der Waals surface area contributed by atoms with E-state index in [9.17, 15) is 5.11 Å². The third-order valence-corrected chi connectivity index (χ3v) is 2.86. The monoisotopic (exact) mass is 265 g/mol. The number of hydrogen-bond donors (Lipinski definition) is 3. The molecule has 0 aliphatic heterocycles. The fourth-order valence-corrected chi connectivity index (χ4v) is 1.45. The van der Waals surface area contributed by atoms with Gasteiger partial charge in [0.2, 0.25) is 0 Å². The molecule has 1 aromatic carbocycles. The lowest BCUT2D eigenvalue weighted by Gasteiger charge is -2.11. The molecule has 1 rings (SSSR count). The molecule has 0 aromatic heterocycles. The van der Waals surface area contributed by atoms with Crippen LogP contribution in [0.15, 0.2) is 16.6 Å². The summed E-state index contributed by atoms with van der Waals surface area (Å²) in [5.74, 6) is 0.0258. The number of aliphatic hydroxyl groups excluding tert-OH is 1. The Bertz CT molecular complexity index is 319. The smallest absolute Gasteiger partial charge is 0.121 e. The molecule has 0 saturated heterocycles. The number of phenolic OH excluding ortho intramolecular Hbond substituents is 1. The van der Waals surface area contributed by atoms with Crippen LogP contribution in [0.25, 0.3) is 0 Å². The van der Waals surface area contributed by atoms with Crippen molar-refractivity contribution in [2.75, 3.05) is 6.61 Å². The molecule has 0 fully saturated rings. The third-order valence-electron chi connectivity index (χ3n) is 1.67. The van der Waals surface area contributed by atoms with Crippen LogP contribution in [0.4, 0.5) is 0 Å². The van der Waals surface area contributed by atoms with E-state index in [1.54, 1.807) is 0 Å². The van der Waals surface area contributed by atoms with Gasteiger partial charge < -0.3 is 15.9 Å². The van der Waals surface area contributed by atoms with Gasteiger partial charge in [-0.25, -0.2) is 0 Å². The Morgan fingerprint density at radius 2 is 2.15 bits per heavy atom. The van der Waals surface area contributed by atoms with E-state index in [2.05, 4.69) is 15.9 Å². The highest BCUT2D eigenvalue weighted by Gasteiger charge is 2.12.